The number of hydrogen-bond donors (Lipinski definition) is 1. The van der Waals surface area contributed by atoms with Crippen LogP contribution in [-0.2, 0) is 25.8 Å². The number of aryl methyl sites for hydroxylation is 2. The third-order valence-electron chi connectivity index (χ3n) is 5.10. The van der Waals surface area contributed by atoms with Gasteiger partial charge in [0.2, 0.25) is 0 Å². The monoisotopic (exact) mass is 380 g/mol. The molecule has 1 aliphatic carbocycles. The summed E-state index contributed by atoms with van der Waals surface area (Å²) in [4.78, 5) is 18.0. The van der Waals surface area contributed by atoms with Crippen molar-refractivity contribution in [1.29, 1.82) is 0 Å². The number of nitrogens with zero attached hydrogens (tertiary/aromatic N) is 2. The molecule has 0 radical (unpaired) electrons. The molecule has 2 aromatic carbocycles. The molecular formula is C22H21ClN2O2. The summed E-state index contributed by atoms with van der Waals surface area (Å²) in [6, 6.07) is 14.7. The molecule has 0 bridgehead atoms. The second-order valence-electron chi connectivity index (χ2n) is 6.92. The lowest BCUT2D eigenvalue weighted by Gasteiger charge is -2.20. The third kappa shape index (κ3) is 3.62. The normalized spacial score (nSPS) is 13.4. The van der Waals surface area contributed by atoms with Crippen molar-refractivity contribution in [3.05, 3.63) is 80.7 Å². The number of para-hydroxylation sites is 1. The van der Waals surface area contributed by atoms with Crippen molar-refractivity contribution in [2.75, 3.05) is 0 Å². The first-order valence-corrected chi connectivity index (χ1v) is 9.66. The lowest BCUT2D eigenvalue weighted by molar-refractivity contribution is 0.475. The minimum Gasteiger partial charge on any atom is -0.507 e. The van der Waals surface area contributed by atoms with Crippen LogP contribution in [0.4, 0.5) is 0 Å². The molecule has 1 aromatic heterocycles. The van der Waals surface area contributed by atoms with Crippen LogP contribution in [0.15, 0.2) is 53.3 Å². The van der Waals surface area contributed by atoms with Gasteiger partial charge in [0.15, 0.2) is 0 Å². The van der Waals surface area contributed by atoms with Gasteiger partial charge in [0.1, 0.15) is 11.6 Å². The maximum Gasteiger partial charge on any atom is 0.257 e. The molecular weight excluding hydrogens is 360 g/mol. The standard InChI is InChI=1S/C22H21ClN2O2/c23-16-7-5-6-15(14-16)12-13-25-21(18-9-2-4-11-20(18)26)24-19-10-3-1-8-17(19)22(25)27/h2,4-7,9,11,14,26H,1,3,8,10,12-13H2. The van der Waals surface area contributed by atoms with E-state index in [4.69, 9.17) is 16.6 Å². The zero-order valence-corrected chi connectivity index (χ0v) is 15.7. The summed E-state index contributed by atoms with van der Waals surface area (Å²) in [6.07, 6.45) is 4.33. The number of rotatable bonds is 4. The van der Waals surface area contributed by atoms with Gasteiger partial charge in [-0.3, -0.25) is 9.36 Å². The number of phenolic OH excluding ortho intramolecular Hbond substituents is 1. The van der Waals surface area contributed by atoms with E-state index in [1.54, 1.807) is 16.7 Å². The Morgan fingerprint density at radius 3 is 2.70 bits per heavy atom. The first-order chi connectivity index (χ1) is 13.1. The smallest absolute Gasteiger partial charge is 0.257 e. The molecule has 1 N–H and O–H groups in total. The molecule has 4 rings (SSSR count). The van der Waals surface area contributed by atoms with Crippen LogP contribution in [0.5, 0.6) is 5.75 Å². The minimum absolute atomic E-state index is 0.0139. The van der Waals surface area contributed by atoms with Crippen LogP contribution in [0.2, 0.25) is 5.02 Å². The van der Waals surface area contributed by atoms with Crippen molar-refractivity contribution in [1.82, 2.24) is 9.55 Å². The first-order valence-electron chi connectivity index (χ1n) is 9.29. The summed E-state index contributed by atoms with van der Waals surface area (Å²) < 4.78 is 1.71. The van der Waals surface area contributed by atoms with Gasteiger partial charge in [0, 0.05) is 17.1 Å². The minimum atomic E-state index is 0.0139. The third-order valence-corrected chi connectivity index (χ3v) is 5.33. The summed E-state index contributed by atoms with van der Waals surface area (Å²) in [6.45, 7) is 0.489. The van der Waals surface area contributed by atoms with Gasteiger partial charge in [-0.15, -0.1) is 0 Å². The fourth-order valence-electron chi connectivity index (χ4n) is 3.70. The van der Waals surface area contributed by atoms with Crippen molar-refractivity contribution in [3.8, 4) is 17.1 Å². The van der Waals surface area contributed by atoms with E-state index < -0.39 is 0 Å². The predicted octanol–water partition coefficient (Wildman–Crippen LogP) is 4.39. The Kier molecular flexibility index (Phi) is 4.99. The van der Waals surface area contributed by atoms with Gasteiger partial charge in [0.05, 0.1) is 11.3 Å². The molecule has 0 unspecified atom stereocenters. The number of benzene rings is 2. The van der Waals surface area contributed by atoms with E-state index >= 15 is 0 Å². The Morgan fingerprint density at radius 1 is 1.07 bits per heavy atom. The number of hydrogen-bond acceptors (Lipinski definition) is 3. The van der Waals surface area contributed by atoms with Gasteiger partial charge in [-0.2, -0.15) is 0 Å². The van der Waals surface area contributed by atoms with Gasteiger partial charge in [-0.1, -0.05) is 35.9 Å². The highest BCUT2D eigenvalue weighted by molar-refractivity contribution is 6.30. The van der Waals surface area contributed by atoms with Gasteiger partial charge in [-0.25, -0.2) is 4.98 Å². The fraction of sp³-hybridized carbons (Fsp3) is 0.273. The lowest BCUT2D eigenvalue weighted by Crippen LogP contribution is -2.30. The maximum absolute atomic E-state index is 13.2. The Labute approximate surface area is 163 Å². The van der Waals surface area contributed by atoms with Gasteiger partial charge >= 0.3 is 0 Å². The number of halogens is 1. The van der Waals surface area contributed by atoms with E-state index in [2.05, 4.69) is 0 Å². The summed E-state index contributed by atoms with van der Waals surface area (Å²) in [5, 5.41) is 11.0. The van der Waals surface area contributed by atoms with Crippen molar-refractivity contribution in [2.24, 2.45) is 0 Å². The summed E-state index contributed by atoms with van der Waals surface area (Å²) in [5.74, 6) is 0.678. The van der Waals surface area contributed by atoms with E-state index in [0.29, 0.717) is 29.4 Å². The Hall–Kier alpha value is -2.59. The number of phenols is 1. The van der Waals surface area contributed by atoms with Crippen LogP contribution in [0.3, 0.4) is 0 Å². The van der Waals surface area contributed by atoms with Crippen LogP contribution in [0, 0.1) is 0 Å². The average Bonchev–Trinajstić information content (AvgIpc) is 2.68. The number of aromatic hydroxyl groups is 1. The van der Waals surface area contributed by atoms with Crippen molar-refractivity contribution in [2.45, 2.75) is 38.6 Å². The molecule has 0 amide bonds. The molecule has 27 heavy (non-hydrogen) atoms. The Morgan fingerprint density at radius 2 is 1.89 bits per heavy atom. The van der Waals surface area contributed by atoms with Gasteiger partial charge in [-0.05, 0) is 61.9 Å². The summed E-state index contributed by atoms with van der Waals surface area (Å²) in [5.41, 5.74) is 3.37. The second-order valence-corrected chi connectivity index (χ2v) is 7.36. The van der Waals surface area contributed by atoms with E-state index in [1.807, 2.05) is 36.4 Å². The van der Waals surface area contributed by atoms with Crippen LogP contribution in [0.1, 0.15) is 29.7 Å². The second kappa shape index (κ2) is 7.57. The molecule has 5 heteroatoms. The van der Waals surface area contributed by atoms with E-state index in [9.17, 15) is 9.90 Å². The molecule has 0 aliphatic heterocycles. The predicted molar refractivity (Wildman–Crippen MR) is 107 cm³/mol. The van der Waals surface area contributed by atoms with Gasteiger partial charge < -0.3 is 5.11 Å². The van der Waals surface area contributed by atoms with Crippen molar-refractivity contribution >= 4 is 11.6 Å². The molecule has 4 nitrogen and oxygen atoms in total. The van der Waals surface area contributed by atoms with E-state index in [1.165, 1.54) is 0 Å². The largest absolute Gasteiger partial charge is 0.507 e. The molecule has 138 valence electrons. The summed E-state index contributed by atoms with van der Waals surface area (Å²) in [7, 11) is 0. The Bertz CT molecular complexity index is 1040. The maximum atomic E-state index is 13.2. The Balaban J connectivity index is 1.80. The first kappa shape index (κ1) is 17.8. The van der Waals surface area contributed by atoms with Crippen molar-refractivity contribution in [3.63, 3.8) is 0 Å². The zero-order chi connectivity index (χ0) is 18.8. The molecule has 0 saturated carbocycles. The van der Waals surface area contributed by atoms with Gasteiger partial charge in [0.25, 0.3) is 5.56 Å². The highest BCUT2D eigenvalue weighted by Gasteiger charge is 2.21. The molecule has 3 aromatic rings. The zero-order valence-electron chi connectivity index (χ0n) is 15.0. The van der Waals surface area contributed by atoms with E-state index in [-0.39, 0.29) is 11.3 Å². The SMILES string of the molecule is O=c1c2c(nc(-c3ccccc3O)n1CCc1cccc(Cl)c1)CCCC2. The number of fused-ring (bicyclic) bond motifs is 1. The van der Waals surface area contributed by atoms with Crippen LogP contribution >= 0.6 is 11.6 Å². The molecule has 0 saturated heterocycles. The fourth-order valence-corrected chi connectivity index (χ4v) is 3.91. The number of aromatic nitrogens is 2. The van der Waals surface area contributed by atoms with Crippen molar-refractivity contribution < 1.29 is 5.11 Å². The highest BCUT2D eigenvalue weighted by atomic mass is 35.5. The topological polar surface area (TPSA) is 55.1 Å². The van der Waals surface area contributed by atoms with Crippen LogP contribution < -0.4 is 5.56 Å². The molecule has 1 heterocycles. The molecule has 0 spiro atoms. The summed E-state index contributed by atoms with van der Waals surface area (Å²) >= 11 is 6.09. The van der Waals surface area contributed by atoms with Crippen LogP contribution in [0.25, 0.3) is 11.4 Å². The van der Waals surface area contributed by atoms with E-state index in [0.717, 1.165) is 42.5 Å². The quantitative estimate of drug-likeness (QED) is 0.730. The molecule has 0 fully saturated rings. The molecule has 0 atom stereocenters. The molecule has 1 aliphatic rings. The average molecular weight is 381 g/mol. The van der Waals surface area contributed by atoms with Crippen LogP contribution in [-0.4, -0.2) is 14.7 Å². The highest BCUT2D eigenvalue weighted by Crippen LogP contribution is 2.28. The lowest BCUT2D eigenvalue weighted by atomic mass is 9.96.